The van der Waals surface area contributed by atoms with Crippen LogP contribution in [0.3, 0.4) is 0 Å². The van der Waals surface area contributed by atoms with Gasteiger partial charge in [-0.2, -0.15) is 5.10 Å². The van der Waals surface area contributed by atoms with Crippen molar-refractivity contribution in [3.8, 4) is 11.6 Å². The maximum absolute atomic E-state index is 12.7. The number of rotatable bonds is 4. The lowest BCUT2D eigenvalue weighted by molar-refractivity contribution is 0.0593. The van der Waals surface area contributed by atoms with Gasteiger partial charge in [-0.05, 0) is 55.0 Å². The molecule has 0 aliphatic carbocycles. The van der Waals surface area contributed by atoms with E-state index in [0.717, 1.165) is 22.2 Å². The van der Waals surface area contributed by atoms with Crippen molar-refractivity contribution in [2.45, 2.75) is 13.8 Å². The molecule has 0 unspecified atom stereocenters. The number of aromatic nitrogens is 3. The number of ether oxygens (including phenoxy) is 2. The fourth-order valence-corrected chi connectivity index (χ4v) is 3.23. The highest BCUT2D eigenvalue weighted by Crippen LogP contribution is 2.27. The van der Waals surface area contributed by atoms with E-state index < -0.39 is 11.9 Å². The molecule has 0 radical (unpaired) electrons. The molecule has 30 heavy (non-hydrogen) atoms. The van der Waals surface area contributed by atoms with Crippen molar-refractivity contribution in [2.24, 2.45) is 0 Å². The molecule has 2 aromatic carbocycles. The lowest BCUT2D eigenvalue weighted by atomic mass is 10.1. The van der Waals surface area contributed by atoms with Gasteiger partial charge in [0.25, 0.3) is 0 Å². The molecule has 2 aromatic heterocycles. The van der Waals surface area contributed by atoms with E-state index in [0.29, 0.717) is 5.82 Å². The molecule has 0 aliphatic rings. The van der Waals surface area contributed by atoms with E-state index in [1.54, 1.807) is 28.9 Å². The molecule has 7 nitrogen and oxygen atoms in total. The first-order valence-electron chi connectivity index (χ1n) is 9.29. The van der Waals surface area contributed by atoms with Gasteiger partial charge in [-0.1, -0.05) is 24.3 Å². The van der Waals surface area contributed by atoms with Crippen molar-refractivity contribution in [3.63, 3.8) is 0 Å². The van der Waals surface area contributed by atoms with Crippen LogP contribution in [0.4, 0.5) is 0 Å². The van der Waals surface area contributed by atoms with Crippen LogP contribution >= 0.6 is 0 Å². The second-order valence-corrected chi connectivity index (χ2v) is 6.82. The Labute approximate surface area is 172 Å². The lowest BCUT2D eigenvalue weighted by Crippen LogP contribution is -2.13. The molecular weight excluding hydrogens is 382 g/mol. The topological polar surface area (TPSA) is 83.3 Å². The van der Waals surface area contributed by atoms with Crippen LogP contribution in [0.15, 0.2) is 60.8 Å². The van der Waals surface area contributed by atoms with Crippen LogP contribution in [0.25, 0.3) is 16.6 Å². The van der Waals surface area contributed by atoms with E-state index in [1.165, 1.54) is 13.3 Å². The number of fused-ring (bicyclic) bond motifs is 1. The normalized spacial score (nSPS) is 10.8. The number of benzene rings is 2. The standard InChI is InChI=1S/C23H19N3O4/c1-14-10-15(2)26(25-14)21-9-8-18(13-24-21)22(27)30-20-12-17-7-5-4-6-16(17)11-19(20)23(28)29-3/h4-13H,1-3H3. The molecule has 0 saturated carbocycles. The first-order chi connectivity index (χ1) is 14.5. The SMILES string of the molecule is COC(=O)c1cc2ccccc2cc1OC(=O)c1ccc(-n2nc(C)cc2C)nc1. The fraction of sp³-hybridized carbons (Fsp3) is 0.130. The van der Waals surface area contributed by atoms with Crippen LogP contribution in [0.1, 0.15) is 32.1 Å². The first kappa shape index (κ1) is 19.3. The Morgan fingerprint density at radius 3 is 2.27 bits per heavy atom. The molecule has 0 saturated heterocycles. The molecule has 0 spiro atoms. The first-order valence-corrected chi connectivity index (χ1v) is 9.29. The van der Waals surface area contributed by atoms with E-state index >= 15 is 0 Å². The summed E-state index contributed by atoms with van der Waals surface area (Å²) in [5, 5.41) is 6.06. The van der Waals surface area contributed by atoms with Gasteiger partial charge < -0.3 is 9.47 Å². The average molecular weight is 401 g/mol. The third kappa shape index (κ3) is 3.65. The highest BCUT2D eigenvalue weighted by Gasteiger charge is 2.19. The fourth-order valence-electron chi connectivity index (χ4n) is 3.23. The zero-order valence-electron chi connectivity index (χ0n) is 16.7. The number of nitrogens with zero attached hydrogens (tertiary/aromatic N) is 3. The van der Waals surface area contributed by atoms with Gasteiger partial charge in [-0.15, -0.1) is 0 Å². The predicted octanol–water partition coefficient (Wildman–Crippen LogP) is 4.04. The number of esters is 2. The third-order valence-corrected chi connectivity index (χ3v) is 4.67. The Bertz CT molecular complexity index is 1260. The van der Waals surface area contributed by atoms with Gasteiger partial charge in [0.2, 0.25) is 0 Å². The number of carbonyl (C=O) groups is 2. The van der Waals surface area contributed by atoms with E-state index in [9.17, 15) is 9.59 Å². The van der Waals surface area contributed by atoms with Gasteiger partial charge in [-0.3, -0.25) is 0 Å². The number of hydrogen-bond donors (Lipinski definition) is 0. The second kappa shape index (κ2) is 7.79. The van der Waals surface area contributed by atoms with E-state index in [2.05, 4.69) is 10.1 Å². The van der Waals surface area contributed by atoms with Gasteiger partial charge >= 0.3 is 11.9 Å². The van der Waals surface area contributed by atoms with Crippen LogP contribution < -0.4 is 4.74 Å². The molecule has 0 atom stereocenters. The highest BCUT2D eigenvalue weighted by molar-refractivity contribution is 6.00. The Hall–Kier alpha value is -4.00. The van der Waals surface area contributed by atoms with Crippen LogP contribution in [-0.2, 0) is 4.74 Å². The molecular formula is C23H19N3O4. The third-order valence-electron chi connectivity index (χ3n) is 4.67. The molecule has 4 rings (SSSR count). The zero-order valence-corrected chi connectivity index (χ0v) is 16.7. The summed E-state index contributed by atoms with van der Waals surface area (Å²) in [5.74, 6) is -0.476. The smallest absolute Gasteiger partial charge is 0.345 e. The molecule has 0 bridgehead atoms. The largest absolute Gasteiger partial charge is 0.465 e. The minimum absolute atomic E-state index is 0.133. The Kier molecular flexibility index (Phi) is 5.02. The average Bonchev–Trinajstić information content (AvgIpc) is 3.10. The van der Waals surface area contributed by atoms with Crippen molar-refractivity contribution < 1.29 is 19.1 Å². The van der Waals surface area contributed by atoms with Gasteiger partial charge in [0.15, 0.2) is 5.82 Å². The summed E-state index contributed by atoms with van der Waals surface area (Å²) in [4.78, 5) is 29.2. The maximum Gasteiger partial charge on any atom is 0.345 e. The summed E-state index contributed by atoms with van der Waals surface area (Å²) < 4.78 is 12.1. The molecule has 0 aliphatic heterocycles. The number of carbonyl (C=O) groups excluding carboxylic acids is 2. The van der Waals surface area contributed by atoms with Crippen LogP contribution in [0.5, 0.6) is 5.75 Å². The van der Waals surface area contributed by atoms with E-state index in [4.69, 9.17) is 9.47 Å². The van der Waals surface area contributed by atoms with E-state index in [1.807, 2.05) is 44.2 Å². The summed E-state index contributed by atoms with van der Waals surface area (Å²) in [6, 6.07) is 16.0. The van der Waals surface area contributed by atoms with E-state index in [-0.39, 0.29) is 16.9 Å². The number of hydrogen-bond acceptors (Lipinski definition) is 6. The molecule has 0 fully saturated rings. The van der Waals surface area contributed by atoms with Crippen LogP contribution in [0.2, 0.25) is 0 Å². The Balaban J connectivity index is 1.64. The minimum Gasteiger partial charge on any atom is -0.465 e. The maximum atomic E-state index is 12.7. The van der Waals surface area contributed by atoms with Crippen molar-refractivity contribution in [1.82, 2.24) is 14.8 Å². The summed E-state index contributed by atoms with van der Waals surface area (Å²) >= 11 is 0. The summed E-state index contributed by atoms with van der Waals surface area (Å²) in [5.41, 5.74) is 2.25. The van der Waals surface area contributed by atoms with Gasteiger partial charge in [-0.25, -0.2) is 19.3 Å². The molecule has 150 valence electrons. The Morgan fingerprint density at radius 1 is 0.933 bits per heavy atom. The summed E-state index contributed by atoms with van der Waals surface area (Å²) in [6.45, 7) is 3.83. The monoisotopic (exact) mass is 401 g/mol. The zero-order chi connectivity index (χ0) is 21.3. The van der Waals surface area contributed by atoms with Crippen LogP contribution in [-0.4, -0.2) is 33.8 Å². The molecule has 0 N–H and O–H groups in total. The van der Waals surface area contributed by atoms with Crippen LogP contribution in [0, 0.1) is 13.8 Å². The van der Waals surface area contributed by atoms with Crippen molar-refractivity contribution in [1.29, 1.82) is 0 Å². The molecule has 0 amide bonds. The summed E-state index contributed by atoms with van der Waals surface area (Å²) in [6.07, 6.45) is 1.42. The minimum atomic E-state index is -0.622. The van der Waals surface area contributed by atoms with Gasteiger partial charge in [0.1, 0.15) is 11.3 Å². The van der Waals surface area contributed by atoms with Crippen molar-refractivity contribution in [3.05, 3.63) is 83.3 Å². The highest BCUT2D eigenvalue weighted by atomic mass is 16.5. The van der Waals surface area contributed by atoms with Gasteiger partial charge in [0.05, 0.1) is 18.4 Å². The molecule has 2 heterocycles. The number of methoxy groups -OCH3 is 1. The Morgan fingerprint density at radius 2 is 1.67 bits per heavy atom. The molecule has 7 heteroatoms. The number of aryl methyl sites for hydroxylation is 2. The lowest BCUT2D eigenvalue weighted by Gasteiger charge is -2.11. The molecule has 4 aromatic rings. The quantitative estimate of drug-likeness (QED) is 0.379. The van der Waals surface area contributed by atoms with Gasteiger partial charge in [0, 0.05) is 11.9 Å². The van der Waals surface area contributed by atoms with Crippen molar-refractivity contribution in [2.75, 3.05) is 7.11 Å². The predicted molar refractivity (Wildman–Crippen MR) is 111 cm³/mol. The summed E-state index contributed by atoms with van der Waals surface area (Å²) in [7, 11) is 1.28. The second-order valence-electron chi connectivity index (χ2n) is 6.82. The van der Waals surface area contributed by atoms with Crippen molar-refractivity contribution >= 4 is 22.7 Å². The number of pyridine rings is 1.